The van der Waals surface area contributed by atoms with Gasteiger partial charge in [-0.05, 0) is 152 Å². The highest BCUT2D eigenvalue weighted by atomic mass is 15.2. The van der Waals surface area contributed by atoms with Gasteiger partial charge in [-0.1, -0.05) is 201 Å². The van der Waals surface area contributed by atoms with E-state index in [-0.39, 0.29) is 0 Å². The molecule has 0 amide bonds. The van der Waals surface area contributed by atoms with Gasteiger partial charge < -0.3 is 9.47 Å². The summed E-state index contributed by atoms with van der Waals surface area (Å²) in [5.74, 6) is 0. The third-order valence-electron chi connectivity index (χ3n) is 15.5. The highest BCUT2D eigenvalue weighted by Crippen LogP contribution is 2.57. The largest absolute Gasteiger partial charge is 0.310 e. The maximum absolute atomic E-state index is 4.17. The van der Waals surface area contributed by atoms with Crippen molar-refractivity contribution < 1.29 is 0 Å². The molecule has 0 bridgehead atoms. The summed E-state index contributed by atoms with van der Waals surface area (Å²) in [6.07, 6.45) is 8.63. The smallest absolute Gasteiger partial charge is 0.110 e. The SMILES string of the molecule is [CH2+]Cc1ccc2c(c1)c1cc(CC)ccc1n2-c1ccc(-c2ccc(-c3ccc(N(C4=CCCC=C4c4ccccc4)c4ccc5c(c4)C(c4ccccc4)(c4ccccc4)c4ccccc4-5)cc3)cc2)cc1. The van der Waals surface area contributed by atoms with Gasteiger partial charge >= 0.3 is 0 Å². The van der Waals surface area contributed by atoms with Crippen LogP contribution in [0.25, 0.3) is 66.4 Å². The lowest BCUT2D eigenvalue weighted by Gasteiger charge is -2.36. The van der Waals surface area contributed by atoms with Crippen LogP contribution in [0.5, 0.6) is 0 Å². The molecular weight excluding hydrogens is 881 g/mol. The molecule has 1 aromatic heterocycles. The number of hydrogen-bond acceptors (Lipinski definition) is 1. The van der Waals surface area contributed by atoms with Crippen LogP contribution in [0.15, 0.2) is 261 Å². The predicted octanol–water partition coefficient (Wildman–Crippen LogP) is 18.3. The molecule has 0 atom stereocenters. The van der Waals surface area contributed by atoms with E-state index in [0.29, 0.717) is 0 Å². The molecular formula is C71H55N2+. The van der Waals surface area contributed by atoms with Crippen molar-refractivity contribution in [2.75, 3.05) is 4.90 Å². The lowest BCUT2D eigenvalue weighted by molar-refractivity contribution is 0.768. The number of aryl methyl sites for hydroxylation is 1. The summed E-state index contributed by atoms with van der Waals surface area (Å²) in [4.78, 5) is 2.50. The zero-order valence-corrected chi connectivity index (χ0v) is 41.2. The van der Waals surface area contributed by atoms with Crippen LogP contribution in [0.3, 0.4) is 0 Å². The fourth-order valence-corrected chi connectivity index (χ4v) is 12.0. The van der Waals surface area contributed by atoms with Gasteiger partial charge in [-0.25, -0.2) is 0 Å². The zero-order chi connectivity index (χ0) is 48.9. The van der Waals surface area contributed by atoms with Crippen molar-refractivity contribution in [2.24, 2.45) is 0 Å². The number of aromatic nitrogens is 1. The van der Waals surface area contributed by atoms with E-state index in [1.54, 1.807) is 0 Å². The van der Waals surface area contributed by atoms with Crippen LogP contribution in [-0.2, 0) is 18.3 Å². The summed E-state index contributed by atoms with van der Waals surface area (Å²) in [6.45, 7) is 6.40. The van der Waals surface area contributed by atoms with Crippen molar-refractivity contribution in [2.45, 2.75) is 38.0 Å². The molecule has 0 N–H and O–H groups in total. The Labute approximate surface area is 429 Å². The summed E-state index contributed by atoms with van der Waals surface area (Å²) >= 11 is 0. The van der Waals surface area contributed by atoms with Crippen molar-refractivity contribution >= 4 is 38.8 Å². The topological polar surface area (TPSA) is 8.17 Å². The maximum Gasteiger partial charge on any atom is 0.110 e. The molecule has 11 aromatic rings. The molecule has 2 aliphatic rings. The fourth-order valence-electron chi connectivity index (χ4n) is 12.0. The van der Waals surface area contributed by atoms with Gasteiger partial charge in [0.1, 0.15) is 6.42 Å². The minimum atomic E-state index is -0.504. The molecule has 0 radical (unpaired) electrons. The number of rotatable bonds is 11. The normalized spacial score (nSPS) is 13.6. The average Bonchev–Trinajstić information content (AvgIpc) is 3.96. The molecule has 73 heavy (non-hydrogen) atoms. The first-order valence-corrected chi connectivity index (χ1v) is 25.9. The van der Waals surface area contributed by atoms with Crippen molar-refractivity contribution in [3.8, 4) is 39.1 Å². The van der Waals surface area contributed by atoms with Gasteiger partial charge in [0.2, 0.25) is 0 Å². The van der Waals surface area contributed by atoms with Crippen LogP contribution in [0.1, 0.15) is 58.7 Å². The van der Waals surface area contributed by atoms with Gasteiger partial charge in [0.15, 0.2) is 0 Å². The standard InChI is InChI=1S/C71H55N2/c1-3-49-28-44-69-64(46-49)65-47-50(4-2)29-45-70(65)73(69)59-40-36-54(37-41-59)52-32-30-51(31-33-52)53-34-38-58(39-35-53)72(68-27-17-15-24-61(68)55-18-8-5-9-19-55)60-42-43-63-62-25-14-16-26-66(62)71(67(63)48-60,56-20-10-6-11-21-56)57-22-12-7-13-23-57/h5-14,16,18-48H,1,3-4,15,17H2,2H3/q+1. The molecule has 0 aliphatic heterocycles. The van der Waals surface area contributed by atoms with Gasteiger partial charge in [0.05, 0.1) is 23.4 Å². The van der Waals surface area contributed by atoms with Crippen LogP contribution in [0.2, 0.25) is 0 Å². The summed E-state index contributed by atoms with van der Waals surface area (Å²) < 4.78 is 2.41. The molecule has 0 unspecified atom stereocenters. The van der Waals surface area contributed by atoms with E-state index in [1.807, 2.05) is 0 Å². The second-order valence-electron chi connectivity index (χ2n) is 19.6. The van der Waals surface area contributed by atoms with E-state index in [0.717, 1.165) is 42.7 Å². The van der Waals surface area contributed by atoms with Gasteiger partial charge in [-0.2, -0.15) is 0 Å². The summed E-state index contributed by atoms with van der Waals surface area (Å²) in [5.41, 5.74) is 24.1. The molecule has 0 saturated carbocycles. The third-order valence-corrected chi connectivity index (χ3v) is 15.5. The maximum atomic E-state index is 4.17. The Hall–Kier alpha value is -8.85. The van der Waals surface area contributed by atoms with E-state index in [1.165, 1.54) is 105 Å². The first-order chi connectivity index (χ1) is 36.1. The van der Waals surface area contributed by atoms with E-state index in [4.69, 9.17) is 0 Å². The van der Waals surface area contributed by atoms with E-state index < -0.39 is 5.41 Å². The van der Waals surface area contributed by atoms with Crippen molar-refractivity contribution in [3.05, 3.63) is 306 Å². The Bertz CT molecular complexity index is 3780. The van der Waals surface area contributed by atoms with Crippen LogP contribution >= 0.6 is 0 Å². The predicted molar refractivity (Wildman–Crippen MR) is 308 cm³/mol. The molecule has 2 aliphatic carbocycles. The minimum Gasteiger partial charge on any atom is -0.310 e. The molecule has 13 rings (SSSR count). The highest BCUT2D eigenvalue weighted by molar-refractivity contribution is 6.10. The Morgan fingerprint density at radius 1 is 0.438 bits per heavy atom. The minimum absolute atomic E-state index is 0.504. The number of fused-ring (bicyclic) bond motifs is 6. The monoisotopic (exact) mass is 935 g/mol. The third kappa shape index (κ3) is 7.44. The van der Waals surface area contributed by atoms with Crippen LogP contribution < -0.4 is 4.90 Å². The van der Waals surface area contributed by atoms with E-state index >= 15 is 0 Å². The molecule has 0 spiro atoms. The first kappa shape index (κ1) is 44.1. The number of hydrogen-bond donors (Lipinski definition) is 0. The summed E-state index contributed by atoms with van der Waals surface area (Å²) in [7, 11) is 0. The molecule has 348 valence electrons. The quantitative estimate of drug-likeness (QED) is 0.117. The number of nitrogens with zero attached hydrogens (tertiary/aromatic N) is 2. The average molecular weight is 936 g/mol. The molecule has 2 heteroatoms. The summed E-state index contributed by atoms with van der Waals surface area (Å²) in [5, 5.41) is 2.59. The molecule has 0 fully saturated rings. The molecule has 0 saturated heterocycles. The van der Waals surface area contributed by atoms with Crippen molar-refractivity contribution in [1.82, 2.24) is 4.57 Å². The second-order valence-corrected chi connectivity index (χ2v) is 19.6. The van der Waals surface area contributed by atoms with E-state index in [2.05, 4.69) is 278 Å². The summed E-state index contributed by atoms with van der Waals surface area (Å²) in [6, 6.07) is 90.3. The number of anilines is 2. The van der Waals surface area contributed by atoms with Gasteiger partial charge in [0.25, 0.3) is 0 Å². The molecule has 1 heterocycles. The highest BCUT2D eigenvalue weighted by Gasteiger charge is 2.46. The van der Waals surface area contributed by atoms with Gasteiger partial charge in [0, 0.05) is 39.1 Å². The Morgan fingerprint density at radius 3 is 1.56 bits per heavy atom. The van der Waals surface area contributed by atoms with Crippen LogP contribution in [0.4, 0.5) is 11.4 Å². The fraction of sp³-hybridized carbons (Fsp3) is 0.0845. The van der Waals surface area contributed by atoms with Crippen LogP contribution in [0, 0.1) is 6.92 Å². The lowest BCUT2D eigenvalue weighted by Crippen LogP contribution is -2.29. The number of allylic oxidation sites excluding steroid dienone is 3. The van der Waals surface area contributed by atoms with Gasteiger partial charge in [-0.3, -0.25) is 0 Å². The number of benzene rings is 10. The Morgan fingerprint density at radius 2 is 0.945 bits per heavy atom. The Kier molecular flexibility index (Phi) is 11.1. The molecule has 2 nitrogen and oxygen atoms in total. The van der Waals surface area contributed by atoms with Crippen molar-refractivity contribution in [3.63, 3.8) is 0 Å². The Balaban J connectivity index is 0.866. The van der Waals surface area contributed by atoms with Crippen LogP contribution in [-0.4, -0.2) is 4.57 Å². The second kappa shape index (κ2) is 18.4. The molecule has 10 aromatic carbocycles. The lowest BCUT2D eigenvalue weighted by atomic mass is 9.67. The van der Waals surface area contributed by atoms with E-state index in [9.17, 15) is 0 Å². The van der Waals surface area contributed by atoms with Crippen molar-refractivity contribution in [1.29, 1.82) is 0 Å². The van der Waals surface area contributed by atoms with Gasteiger partial charge in [-0.15, -0.1) is 0 Å². The first-order valence-electron chi connectivity index (χ1n) is 25.9. The zero-order valence-electron chi connectivity index (χ0n) is 41.2.